The summed E-state index contributed by atoms with van der Waals surface area (Å²) in [6.07, 6.45) is 0. The summed E-state index contributed by atoms with van der Waals surface area (Å²) >= 11 is 0. The van der Waals surface area contributed by atoms with Crippen LogP contribution in [0, 0.1) is 0 Å². The van der Waals surface area contributed by atoms with E-state index in [9.17, 15) is 9.59 Å². The van der Waals surface area contributed by atoms with Crippen LogP contribution in [-0.2, 0) is 0 Å². The Morgan fingerprint density at radius 3 is 2.13 bits per heavy atom. The van der Waals surface area contributed by atoms with Crippen molar-refractivity contribution in [2.45, 2.75) is 0 Å². The molecule has 0 radical (unpaired) electrons. The summed E-state index contributed by atoms with van der Waals surface area (Å²) in [6.45, 7) is 0. The van der Waals surface area contributed by atoms with Gasteiger partial charge in [-0.15, -0.1) is 0 Å². The van der Waals surface area contributed by atoms with Crippen LogP contribution in [0.2, 0.25) is 0 Å². The Morgan fingerprint density at radius 1 is 0.870 bits per heavy atom. The molecule has 23 heavy (non-hydrogen) atoms. The van der Waals surface area contributed by atoms with E-state index in [1.54, 1.807) is 12.1 Å². The molecule has 5 nitrogen and oxygen atoms in total. The van der Waals surface area contributed by atoms with Gasteiger partial charge in [0.1, 0.15) is 0 Å². The minimum Gasteiger partial charge on any atom is -0.493 e. The first-order valence-electron chi connectivity index (χ1n) is 7.12. The number of hydrogen-bond donors (Lipinski definition) is 1. The predicted octanol–water partition coefficient (Wildman–Crippen LogP) is 2.96. The second-order valence-electron chi connectivity index (χ2n) is 5.33. The molecule has 0 aliphatic heterocycles. The van der Waals surface area contributed by atoms with Gasteiger partial charge in [0.05, 0.1) is 25.5 Å². The third-order valence-electron chi connectivity index (χ3n) is 4.17. The molecule has 1 aliphatic rings. The van der Waals surface area contributed by atoms with E-state index >= 15 is 0 Å². The molecule has 0 unspecified atom stereocenters. The molecule has 2 aromatic carbocycles. The lowest BCUT2D eigenvalue weighted by Gasteiger charge is -2.17. The number of carbonyl (C=O) groups is 2. The molecule has 5 heteroatoms. The number of fused-ring (bicyclic) bond motifs is 4. The molecule has 3 aromatic rings. The predicted molar refractivity (Wildman–Crippen MR) is 84.7 cm³/mol. The molecule has 1 heterocycles. The fourth-order valence-corrected chi connectivity index (χ4v) is 3.07. The topological polar surface area (TPSA) is 68.4 Å². The van der Waals surface area contributed by atoms with Crippen molar-refractivity contribution in [2.24, 2.45) is 0 Å². The summed E-state index contributed by atoms with van der Waals surface area (Å²) in [6, 6.07) is 10.5. The van der Waals surface area contributed by atoms with Crippen LogP contribution in [0.3, 0.4) is 0 Å². The van der Waals surface area contributed by atoms with E-state index in [2.05, 4.69) is 4.98 Å². The van der Waals surface area contributed by atoms with Crippen LogP contribution in [0.5, 0.6) is 11.5 Å². The molecule has 0 fully saturated rings. The second-order valence-corrected chi connectivity index (χ2v) is 5.33. The van der Waals surface area contributed by atoms with E-state index < -0.39 is 0 Å². The zero-order chi connectivity index (χ0) is 16.1. The zero-order valence-corrected chi connectivity index (χ0v) is 12.6. The van der Waals surface area contributed by atoms with E-state index in [1.165, 1.54) is 14.2 Å². The van der Waals surface area contributed by atoms with Gasteiger partial charge in [-0.2, -0.15) is 0 Å². The van der Waals surface area contributed by atoms with Gasteiger partial charge in [0, 0.05) is 22.0 Å². The molecular weight excluding hydrogens is 294 g/mol. The molecule has 0 spiro atoms. The normalized spacial score (nSPS) is 13.0. The lowest BCUT2D eigenvalue weighted by Crippen LogP contribution is -2.20. The molecule has 0 amide bonds. The van der Waals surface area contributed by atoms with Crippen LogP contribution >= 0.6 is 0 Å². The highest BCUT2D eigenvalue weighted by atomic mass is 16.5. The van der Waals surface area contributed by atoms with Crippen LogP contribution in [-0.4, -0.2) is 30.8 Å². The number of para-hydroxylation sites is 1. The Hall–Kier alpha value is -3.08. The number of ketones is 2. The number of ether oxygens (including phenoxy) is 2. The van der Waals surface area contributed by atoms with Crippen molar-refractivity contribution in [1.82, 2.24) is 4.98 Å². The van der Waals surface area contributed by atoms with Crippen LogP contribution in [0.25, 0.3) is 10.9 Å². The number of carbonyl (C=O) groups excluding carboxylic acids is 2. The summed E-state index contributed by atoms with van der Waals surface area (Å²) in [5.74, 6) is 0.447. The molecule has 0 atom stereocenters. The van der Waals surface area contributed by atoms with Crippen molar-refractivity contribution in [3.05, 3.63) is 58.8 Å². The van der Waals surface area contributed by atoms with Gasteiger partial charge in [-0.3, -0.25) is 9.59 Å². The van der Waals surface area contributed by atoms with Gasteiger partial charge in [-0.05, 0) is 18.2 Å². The van der Waals surface area contributed by atoms with Crippen molar-refractivity contribution >= 4 is 22.5 Å². The number of hydrogen-bond acceptors (Lipinski definition) is 4. The first-order chi connectivity index (χ1) is 11.2. The van der Waals surface area contributed by atoms with Crippen molar-refractivity contribution in [1.29, 1.82) is 0 Å². The van der Waals surface area contributed by atoms with E-state index in [-0.39, 0.29) is 11.6 Å². The quantitative estimate of drug-likeness (QED) is 0.618. The maximum atomic E-state index is 12.9. The monoisotopic (exact) mass is 307 g/mol. The lowest BCUT2D eigenvalue weighted by molar-refractivity contribution is 0.0977. The maximum Gasteiger partial charge on any atom is 0.210 e. The molecule has 114 valence electrons. The van der Waals surface area contributed by atoms with Crippen molar-refractivity contribution in [3.8, 4) is 11.5 Å². The highest BCUT2D eigenvalue weighted by molar-refractivity contribution is 6.32. The minimum absolute atomic E-state index is 0.187. The first kappa shape index (κ1) is 13.6. The number of benzene rings is 2. The second kappa shape index (κ2) is 4.71. The Kier molecular flexibility index (Phi) is 2.78. The number of methoxy groups -OCH3 is 2. The van der Waals surface area contributed by atoms with Crippen LogP contribution in [0.1, 0.15) is 32.0 Å². The van der Waals surface area contributed by atoms with E-state index in [0.717, 1.165) is 10.9 Å². The standard InChI is InChI=1S/C18H13NO4/c1-22-13-7-10-11(8-14(13)23-2)18(21)16-15(17(10)20)9-5-3-4-6-12(9)19-16/h3-8,19H,1-2H3. The van der Waals surface area contributed by atoms with E-state index in [4.69, 9.17) is 9.47 Å². The number of rotatable bonds is 2. The van der Waals surface area contributed by atoms with Crippen molar-refractivity contribution in [3.63, 3.8) is 0 Å². The van der Waals surface area contributed by atoms with Gasteiger partial charge in [-0.25, -0.2) is 0 Å². The number of aromatic amines is 1. The fourth-order valence-electron chi connectivity index (χ4n) is 3.07. The Labute approximate surface area is 131 Å². The van der Waals surface area contributed by atoms with Gasteiger partial charge >= 0.3 is 0 Å². The SMILES string of the molecule is COc1cc2c(cc1OC)C(=O)c1c([nH]c3ccccc13)C2=O. The van der Waals surface area contributed by atoms with E-state index in [1.807, 2.05) is 24.3 Å². The molecule has 1 aliphatic carbocycles. The largest absolute Gasteiger partial charge is 0.493 e. The average molecular weight is 307 g/mol. The van der Waals surface area contributed by atoms with Crippen LogP contribution < -0.4 is 9.47 Å². The van der Waals surface area contributed by atoms with Gasteiger partial charge in [0.25, 0.3) is 0 Å². The van der Waals surface area contributed by atoms with Crippen LogP contribution in [0.4, 0.5) is 0 Å². The van der Waals surface area contributed by atoms with Gasteiger partial charge in [0.15, 0.2) is 17.3 Å². The molecule has 4 rings (SSSR count). The van der Waals surface area contributed by atoms with Gasteiger partial charge in [-0.1, -0.05) is 18.2 Å². The Balaban J connectivity index is 2.03. The number of aromatic nitrogens is 1. The van der Waals surface area contributed by atoms with E-state index in [0.29, 0.717) is 33.9 Å². The highest BCUT2D eigenvalue weighted by Crippen LogP contribution is 2.38. The highest BCUT2D eigenvalue weighted by Gasteiger charge is 2.34. The lowest BCUT2D eigenvalue weighted by atomic mass is 9.86. The minimum atomic E-state index is -0.216. The van der Waals surface area contributed by atoms with Crippen LogP contribution in [0.15, 0.2) is 36.4 Å². The molecule has 0 bridgehead atoms. The zero-order valence-electron chi connectivity index (χ0n) is 12.6. The summed E-state index contributed by atoms with van der Waals surface area (Å²) in [7, 11) is 2.99. The molecule has 0 saturated carbocycles. The average Bonchev–Trinajstić information content (AvgIpc) is 2.98. The van der Waals surface area contributed by atoms with Crippen molar-refractivity contribution in [2.75, 3.05) is 14.2 Å². The Bertz CT molecular complexity index is 984. The molecule has 0 saturated heterocycles. The third kappa shape index (κ3) is 1.73. The number of H-pyrrole nitrogens is 1. The molecule has 1 N–H and O–H groups in total. The summed E-state index contributed by atoms with van der Waals surface area (Å²) in [5.41, 5.74) is 2.18. The third-order valence-corrected chi connectivity index (χ3v) is 4.17. The smallest absolute Gasteiger partial charge is 0.210 e. The maximum absolute atomic E-state index is 12.9. The summed E-state index contributed by atoms with van der Waals surface area (Å²) in [4.78, 5) is 28.8. The fraction of sp³-hybridized carbons (Fsp3) is 0.111. The first-order valence-corrected chi connectivity index (χ1v) is 7.12. The Morgan fingerprint density at radius 2 is 1.48 bits per heavy atom. The van der Waals surface area contributed by atoms with Gasteiger partial charge < -0.3 is 14.5 Å². The van der Waals surface area contributed by atoms with Crippen molar-refractivity contribution < 1.29 is 19.1 Å². The number of nitrogens with one attached hydrogen (secondary N) is 1. The summed E-state index contributed by atoms with van der Waals surface area (Å²) < 4.78 is 10.5. The molecular formula is C18H13NO4. The van der Waals surface area contributed by atoms with Gasteiger partial charge in [0.2, 0.25) is 5.78 Å². The molecule has 1 aromatic heterocycles. The summed E-state index contributed by atoms with van der Waals surface area (Å²) in [5, 5.41) is 0.751.